The molecule has 27 heavy (non-hydrogen) atoms. The van der Waals surface area contributed by atoms with Crippen LogP contribution in [0.5, 0.6) is 0 Å². The average Bonchev–Trinajstić information content (AvgIpc) is 2.88. The molecule has 0 aliphatic heterocycles. The van der Waals surface area contributed by atoms with Gasteiger partial charge in [0.25, 0.3) is 0 Å². The third kappa shape index (κ3) is 5.42. The highest BCUT2D eigenvalue weighted by molar-refractivity contribution is 7.89. The molecular formula is C16H21F3N4O3S. The van der Waals surface area contributed by atoms with Crippen LogP contribution in [0.3, 0.4) is 0 Å². The van der Waals surface area contributed by atoms with Gasteiger partial charge in [-0.15, -0.1) is 5.10 Å². The van der Waals surface area contributed by atoms with Crippen LogP contribution in [0, 0.1) is 0 Å². The van der Waals surface area contributed by atoms with E-state index in [-0.39, 0.29) is 30.2 Å². The van der Waals surface area contributed by atoms with Crippen LogP contribution in [0.15, 0.2) is 29.1 Å². The van der Waals surface area contributed by atoms with Crippen molar-refractivity contribution in [2.75, 3.05) is 12.3 Å². The summed E-state index contributed by atoms with van der Waals surface area (Å²) in [6.07, 6.45) is -3.24. The summed E-state index contributed by atoms with van der Waals surface area (Å²) in [6.45, 7) is 1.81. The molecule has 1 N–H and O–H groups in total. The van der Waals surface area contributed by atoms with Crippen molar-refractivity contribution in [3.63, 3.8) is 0 Å². The number of sulfonamides is 1. The molecule has 0 fully saturated rings. The quantitative estimate of drug-likeness (QED) is 0.727. The maximum absolute atomic E-state index is 12.9. The van der Waals surface area contributed by atoms with E-state index in [0.29, 0.717) is 6.42 Å². The summed E-state index contributed by atoms with van der Waals surface area (Å²) in [5.41, 5.74) is -1.24. The summed E-state index contributed by atoms with van der Waals surface area (Å²) in [6, 6.07) is 4.52. The number of unbranched alkanes of at least 4 members (excludes halogenated alkanes) is 1. The molecule has 0 radical (unpaired) electrons. The van der Waals surface area contributed by atoms with Crippen LogP contribution >= 0.6 is 0 Å². The van der Waals surface area contributed by atoms with E-state index in [1.807, 2.05) is 6.92 Å². The lowest BCUT2D eigenvalue weighted by atomic mass is 10.1. The number of aromatic nitrogens is 3. The Labute approximate surface area is 154 Å². The third-order valence-corrected chi connectivity index (χ3v) is 5.37. The van der Waals surface area contributed by atoms with Crippen LogP contribution in [-0.2, 0) is 29.8 Å². The molecule has 0 amide bonds. The van der Waals surface area contributed by atoms with Crippen molar-refractivity contribution in [2.45, 2.75) is 32.5 Å². The van der Waals surface area contributed by atoms with Crippen molar-refractivity contribution in [1.82, 2.24) is 19.1 Å². The number of rotatable bonds is 8. The second-order valence-corrected chi connectivity index (χ2v) is 7.96. The highest BCUT2D eigenvalue weighted by Gasteiger charge is 2.30. The van der Waals surface area contributed by atoms with Gasteiger partial charge in [0.05, 0.1) is 17.9 Å². The number of hydrogen-bond donors (Lipinski definition) is 1. The topological polar surface area (TPSA) is 86.0 Å². The Kier molecular flexibility index (Phi) is 6.47. The first-order valence-corrected chi connectivity index (χ1v) is 9.99. The molecule has 1 heterocycles. The molecule has 7 nitrogen and oxygen atoms in total. The molecule has 11 heteroatoms. The minimum atomic E-state index is -4.51. The molecule has 0 aliphatic rings. The zero-order chi connectivity index (χ0) is 20.2. The van der Waals surface area contributed by atoms with Gasteiger partial charge in [-0.05, 0) is 18.6 Å². The van der Waals surface area contributed by atoms with Gasteiger partial charge in [-0.2, -0.15) is 13.2 Å². The predicted octanol–water partition coefficient (Wildman–Crippen LogP) is 1.99. The molecule has 1 aromatic heterocycles. The monoisotopic (exact) mass is 406 g/mol. The van der Waals surface area contributed by atoms with E-state index in [0.717, 1.165) is 27.8 Å². The molecule has 0 bridgehead atoms. The van der Waals surface area contributed by atoms with Gasteiger partial charge in [0.2, 0.25) is 10.0 Å². The third-order valence-electron chi connectivity index (χ3n) is 3.90. The summed E-state index contributed by atoms with van der Waals surface area (Å²) in [5, 5.41) is 4.05. The van der Waals surface area contributed by atoms with Crippen LogP contribution in [0.4, 0.5) is 13.2 Å². The van der Waals surface area contributed by atoms with E-state index in [1.54, 1.807) is 0 Å². The SMILES string of the molecule is CCCCS(=O)(=O)NCCn1nc(-c2cccc(C(F)(F)F)c2)n(C)c1=O. The van der Waals surface area contributed by atoms with E-state index in [1.165, 1.54) is 19.2 Å². The lowest BCUT2D eigenvalue weighted by Crippen LogP contribution is -2.33. The Morgan fingerprint density at radius 3 is 2.59 bits per heavy atom. The van der Waals surface area contributed by atoms with Crippen molar-refractivity contribution < 1.29 is 21.6 Å². The Morgan fingerprint density at radius 2 is 1.96 bits per heavy atom. The molecule has 0 saturated heterocycles. The van der Waals surface area contributed by atoms with Gasteiger partial charge < -0.3 is 0 Å². The fraction of sp³-hybridized carbons (Fsp3) is 0.500. The van der Waals surface area contributed by atoms with Crippen LogP contribution in [0.1, 0.15) is 25.3 Å². The van der Waals surface area contributed by atoms with Crippen molar-refractivity contribution >= 4 is 10.0 Å². The second-order valence-electron chi connectivity index (χ2n) is 6.03. The Morgan fingerprint density at radius 1 is 1.26 bits per heavy atom. The van der Waals surface area contributed by atoms with Gasteiger partial charge in [0, 0.05) is 19.2 Å². The average molecular weight is 406 g/mol. The van der Waals surface area contributed by atoms with Gasteiger partial charge in [-0.3, -0.25) is 4.57 Å². The zero-order valence-electron chi connectivity index (χ0n) is 15.0. The number of nitrogens with one attached hydrogen (secondary N) is 1. The molecule has 0 aliphatic carbocycles. The summed E-state index contributed by atoms with van der Waals surface area (Å²) in [7, 11) is -2.03. The second kappa shape index (κ2) is 8.26. The van der Waals surface area contributed by atoms with Gasteiger partial charge in [0.15, 0.2) is 5.82 Å². The molecule has 2 rings (SSSR count). The van der Waals surface area contributed by atoms with E-state index in [4.69, 9.17) is 0 Å². The van der Waals surface area contributed by atoms with Gasteiger partial charge in [0.1, 0.15) is 0 Å². The first kappa shape index (κ1) is 21.2. The fourth-order valence-corrected chi connectivity index (χ4v) is 3.65. The van der Waals surface area contributed by atoms with Crippen molar-refractivity contribution in [3.05, 3.63) is 40.3 Å². The van der Waals surface area contributed by atoms with Crippen LogP contribution in [-0.4, -0.2) is 35.1 Å². The number of alkyl halides is 3. The van der Waals surface area contributed by atoms with Gasteiger partial charge in [-0.25, -0.2) is 22.6 Å². The molecule has 0 unspecified atom stereocenters. The summed E-state index contributed by atoms with van der Waals surface area (Å²) in [4.78, 5) is 12.2. The number of halogens is 3. The summed E-state index contributed by atoms with van der Waals surface area (Å²) >= 11 is 0. The van der Waals surface area contributed by atoms with E-state index < -0.39 is 27.5 Å². The normalized spacial score (nSPS) is 12.5. The highest BCUT2D eigenvalue weighted by atomic mass is 32.2. The standard InChI is InChI=1S/C16H21F3N4O3S/c1-3-4-10-27(25,26)20-8-9-23-15(24)22(2)14(21-23)12-6-5-7-13(11-12)16(17,18)19/h5-7,11,20H,3-4,8-10H2,1-2H3. The van der Waals surface area contributed by atoms with Crippen molar-refractivity contribution in [3.8, 4) is 11.4 Å². The van der Waals surface area contributed by atoms with Gasteiger partial charge >= 0.3 is 11.9 Å². The number of benzene rings is 1. The molecule has 150 valence electrons. The van der Waals surface area contributed by atoms with Crippen LogP contribution in [0.2, 0.25) is 0 Å². The summed E-state index contributed by atoms with van der Waals surface area (Å²) < 4.78 is 66.7. The Hall–Kier alpha value is -2.14. The molecule has 0 atom stereocenters. The predicted molar refractivity (Wildman–Crippen MR) is 94.6 cm³/mol. The van der Waals surface area contributed by atoms with Crippen LogP contribution in [0.25, 0.3) is 11.4 Å². The molecule has 2 aromatic rings. The lowest BCUT2D eigenvalue weighted by molar-refractivity contribution is -0.137. The molecule has 0 spiro atoms. The smallest absolute Gasteiger partial charge is 0.278 e. The zero-order valence-corrected chi connectivity index (χ0v) is 15.8. The minimum Gasteiger partial charge on any atom is -0.278 e. The largest absolute Gasteiger partial charge is 0.416 e. The minimum absolute atomic E-state index is 0.00387. The maximum Gasteiger partial charge on any atom is 0.416 e. The number of nitrogens with zero attached hydrogens (tertiary/aromatic N) is 3. The van der Waals surface area contributed by atoms with Crippen LogP contribution < -0.4 is 10.4 Å². The molecular weight excluding hydrogens is 385 g/mol. The van der Waals surface area contributed by atoms with Crippen molar-refractivity contribution in [1.29, 1.82) is 0 Å². The summed E-state index contributed by atoms with van der Waals surface area (Å²) in [5.74, 6) is 0.0655. The van der Waals surface area contributed by atoms with Crippen molar-refractivity contribution in [2.24, 2.45) is 7.05 Å². The Bertz CT molecular complexity index is 949. The van der Waals surface area contributed by atoms with E-state index in [2.05, 4.69) is 9.82 Å². The van der Waals surface area contributed by atoms with E-state index >= 15 is 0 Å². The maximum atomic E-state index is 12.9. The Balaban J connectivity index is 2.18. The van der Waals surface area contributed by atoms with Gasteiger partial charge in [-0.1, -0.05) is 25.5 Å². The highest BCUT2D eigenvalue weighted by Crippen LogP contribution is 2.31. The fourth-order valence-electron chi connectivity index (χ4n) is 2.43. The first-order chi connectivity index (χ1) is 12.5. The lowest BCUT2D eigenvalue weighted by Gasteiger charge is -2.08. The number of hydrogen-bond acceptors (Lipinski definition) is 4. The first-order valence-electron chi connectivity index (χ1n) is 8.34. The molecule has 0 saturated carbocycles. The molecule has 1 aromatic carbocycles. The van der Waals surface area contributed by atoms with E-state index in [9.17, 15) is 26.4 Å².